The van der Waals surface area contributed by atoms with Crippen molar-refractivity contribution in [2.45, 2.75) is 13.3 Å². The maximum Gasteiger partial charge on any atom is 0.226 e. The first-order valence-electron chi connectivity index (χ1n) is 4.11. The minimum atomic E-state index is 0.602. The van der Waals surface area contributed by atoms with E-state index < -0.39 is 0 Å². The van der Waals surface area contributed by atoms with Gasteiger partial charge in [-0.25, -0.2) is 0 Å². The van der Waals surface area contributed by atoms with Crippen LogP contribution in [0.4, 0.5) is 0 Å². The van der Waals surface area contributed by atoms with Gasteiger partial charge in [0.25, 0.3) is 0 Å². The van der Waals surface area contributed by atoms with Gasteiger partial charge in [0.2, 0.25) is 11.7 Å². The lowest BCUT2D eigenvalue weighted by Gasteiger charge is -1.83. The largest absolute Gasteiger partial charge is 0.339 e. The molecule has 0 unspecified atom stereocenters. The third-order valence-electron chi connectivity index (χ3n) is 1.73. The zero-order chi connectivity index (χ0) is 9.26. The van der Waals surface area contributed by atoms with E-state index in [1.165, 1.54) is 0 Å². The molecule has 0 aliphatic heterocycles. The van der Waals surface area contributed by atoms with Gasteiger partial charge in [-0.1, -0.05) is 12.1 Å². The predicted octanol–water partition coefficient (Wildman–Crippen LogP) is 1.03. The Hall–Kier alpha value is -1.65. The Labute approximate surface area is 75.4 Å². The van der Waals surface area contributed by atoms with Gasteiger partial charge in [0.05, 0.1) is 11.8 Å². The van der Waals surface area contributed by atoms with Gasteiger partial charge in [0, 0.05) is 19.7 Å². The fourth-order valence-corrected chi connectivity index (χ4v) is 1.05. The SMILES string of the molecule is CCc1nc(-c2cnn(C)c2)no1. The summed E-state index contributed by atoms with van der Waals surface area (Å²) in [5, 5.41) is 7.85. The van der Waals surface area contributed by atoms with Crippen LogP contribution in [0.15, 0.2) is 16.9 Å². The van der Waals surface area contributed by atoms with E-state index >= 15 is 0 Å². The fraction of sp³-hybridized carbons (Fsp3) is 0.375. The van der Waals surface area contributed by atoms with E-state index in [1.807, 2.05) is 20.2 Å². The Morgan fingerprint density at radius 2 is 2.38 bits per heavy atom. The molecule has 0 amide bonds. The minimum Gasteiger partial charge on any atom is -0.339 e. The maximum absolute atomic E-state index is 4.98. The summed E-state index contributed by atoms with van der Waals surface area (Å²) in [7, 11) is 1.85. The Morgan fingerprint density at radius 1 is 1.54 bits per heavy atom. The predicted molar refractivity (Wildman–Crippen MR) is 45.9 cm³/mol. The molecule has 0 radical (unpaired) electrons. The Balaban J connectivity index is 2.35. The molecule has 0 fully saturated rings. The van der Waals surface area contributed by atoms with Crippen molar-refractivity contribution in [3.05, 3.63) is 18.3 Å². The van der Waals surface area contributed by atoms with E-state index in [0.29, 0.717) is 11.7 Å². The van der Waals surface area contributed by atoms with Crippen molar-refractivity contribution >= 4 is 0 Å². The van der Waals surface area contributed by atoms with Crippen LogP contribution in [0.5, 0.6) is 0 Å². The van der Waals surface area contributed by atoms with Gasteiger partial charge in [-0.15, -0.1) is 0 Å². The van der Waals surface area contributed by atoms with Crippen molar-refractivity contribution in [3.63, 3.8) is 0 Å². The zero-order valence-corrected chi connectivity index (χ0v) is 7.56. The standard InChI is InChI=1S/C8H10N4O/c1-3-7-10-8(11-13-7)6-4-9-12(2)5-6/h4-5H,3H2,1-2H3. The summed E-state index contributed by atoms with van der Waals surface area (Å²) < 4.78 is 6.68. The van der Waals surface area contributed by atoms with E-state index in [2.05, 4.69) is 15.2 Å². The van der Waals surface area contributed by atoms with Crippen molar-refractivity contribution in [2.75, 3.05) is 0 Å². The Bertz CT molecular complexity index is 404. The second kappa shape index (κ2) is 3.01. The highest BCUT2D eigenvalue weighted by Gasteiger charge is 2.07. The first-order chi connectivity index (χ1) is 6.29. The van der Waals surface area contributed by atoms with Crippen LogP contribution in [0.25, 0.3) is 11.4 Å². The molecule has 0 saturated carbocycles. The quantitative estimate of drug-likeness (QED) is 0.689. The number of aryl methyl sites for hydroxylation is 2. The van der Waals surface area contributed by atoms with Crippen molar-refractivity contribution in [3.8, 4) is 11.4 Å². The summed E-state index contributed by atoms with van der Waals surface area (Å²) in [5.41, 5.74) is 0.881. The molecule has 5 nitrogen and oxygen atoms in total. The summed E-state index contributed by atoms with van der Waals surface area (Å²) in [6, 6.07) is 0. The molecule has 0 aliphatic carbocycles. The number of hydrogen-bond donors (Lipinski definition) is 0. The molecular formula is C8H10N4O. The summed E-state index contributed by atoms with van der Waals surface area (Å²) in [5.74, 6) is 1.25. The van der Waals surface area contributed by atoms with Crippen molar-refractivity contribution < 1.29 is 4.52 Å². The smallest absolute Gasteiger partial charge is 0.226 e. The van der Waals surface area contributed by atoms with Crippen LogP contribution < -0.4 is 0 Å². The van der Waals surface area contributed by atoms with Crippen molar-refractivity contribution in [2.24, 2.45) is 7.05 Å². The van der Waals surface area contributed by atoms with Gasteiger partial charge in [-0.2, -0.15) is 10.1 Å². The van der Waals surface area contributed by atoms with Gasteiger partial charge >= 0.3 is 0 Å². The second-order valence-corrected chi connectivity index (χ2v) is 2.77. The third-order valence-corrected chi connectivity index (χ3v) is 1.73. The van der Waals surface area contributed by atoms with Crippen molar-refractivity contribution in [1.82, 2.24) is 19.9 Å². The van der Waals surface area contributed by atoms with Gasteiger partial charge in [0.1, 0.15) is 0 Å². The van der Waals surface area contributed by atoms with Crippen LogP contribution in [-0.2, 0) is 13.5 Å². The molecule has 5 heteroatoms. The van der Waals surface area contributed by atoms with Crippen LogP contribution in [-0.4, -0.2) is 19.9 Å². The zero-order valence-electron chi connectivity index (χ0n) is 7.56. The monoisotopic (exact) mass is 178 g/mol. The summed E-state index contributed by atoms with van der Waals surface area (Å²) in [6.07, 6.45) is 4.32. The minimum absolute atomic E-state index is 0.602. The second-order valence-electron chi connectivity index (χ2n) is 2.77. The molecule has 0 N–H and O–H groups in total. The van der Waals surface area contributed by atoms with Crippen LogP contribution in [0.2, 0.25) is 0 Å². The van der Waals surface area contributed by atoms with Crippen LogP contribution in [0.1, 0.15) is 12.8 Å². The summed E-state index contributed by atoms with van der Waals surface area (Å²) >= 11 is 0. The van der Waals surface area contributed by atoms with E-state index in [1.54, 1.807) is 10.9 Å². The van der Waals surface area contributed by atoms with Gasteiger partial charge < -0.3 is 4.52 Å². The van der Waals surface area contributed by atoms with E-state index in [0.717, 1.165) is 12.0 Å². The lowest BCUT2D eigenvalue weighted by molar-refractivity contribution is 0.383. The van der Waals surface area contributed by atoms with Crippen LogP contribution >= 0.6 is 0 Å². The van der Waals surface area contributed by atoms with E-state index in [-0.39, 0.29) is 0 Å². The van der Waals surface area contributed by atoms with Gasteiger partial charge in [-0.05, 0) is 0 Å². The van der Waals surface area contributed by atoms with Crippen LogP contribution in [0, 0.1) is 0 Å². The normalized spacial score (nSPS) is 10.6. The molecule has 68 valence electrons. The molecule has 13 heavy (non-hydrogen) atoms. The molecule has 2 heterocycles. The molecule has 0 spiro atoms. The molecule has 0 atom stereocenters. The first-order valence-corrected chi connectivity index (χ1v) is 4.11. The first kappa shape index (κ1) is 7.97. The Kier molecular flexibility index (Phi) is 1.84. The highest BCUT2D eigenvalue weighted by molar-refractivity contribution is 5.50. The highest BCUT2D eigenvalue weighted by atomic mass is 16.5. The fourth-order valence-electron chi connectivity index (χ4n) is 1.05. The van der Waals surface area contributed by atoms with Gasteiger partial charge in [0.15, 0.2) is 0 Å². The molecule has 0 bridgehead atoms. The Morgan fingerprint density at radius 3 is 2.92 bits per heavy atom. The number of aromatic nitrogens is 4. The number of rotatable bonds is 2. The highest BCUT2D eigenvalue weighted by Crippen LogP contribution is 2.13. The number of hydrogen-bond acceptors (Lipinski definition) is 4. The average Bonchev–Trinajstić information content (AvgIpc) is 2.71. The molecule has 0 aliphatic rings. The van der Waals surface area contributed by atoms with Gasteiger partial charge in [-0.3, -0.25) is 4.68 Å². The molecular weight excluding hydrogens is 168 g/mol. The number of nitrogens with zero attached hydrogens (tertiary/aromatic N) is 4. The topological polar surface area (TPSA) is 56.7 Å². The third kappa shape index (κ3) is 1.44. The molecule has 0 aromatic carbocycles. The summed E-state index contributed by atoms with van der Waals surface area (Å²) in [4.78, 5) is 4.18. The maximum atomic E-state index is 4.98. The molecule has 2 aromatic heterocycles. The average molecular weight is 178 g/mol. The lowest BCUT2D eigenvalue weighted by atomic mass is 10.3. The lowest BCUT2D eigenvalue weighted by Crippen LogP contribution is -1.84. The summed E-state index contributed by atoms with van der Waals surface area (Å²) in [6.45, 7) is 1.97. The van der Waals surface area contributed by atoms with E-state index in [9.17, 15) is 0 Å². The van der Waals surface area contributed by atoms with Crippen molar-refractivity contribution in [1.29, 1.82) is 0 Å². The van der Waals surface area contributed by atoms with Crippen LogP contribution in [0.3, 0.4) is 0 Å². The molecule has 0 saturated heterocycles. The molecule has 2 aromatic rings. The van der Waals surface area contributed by atoms with E-state index in [4.69, 9.17) is 4.52 Å². The molecule has 2 rings (SSSR count).